The van der Waals surface area contributed by atoms with Crippen molar-refractivity contribution in [2.45, 2.75) is 24.8 Å². The minimum Gasteiger partial charge on any atom is -0.317 e. The Hall–Kier alpha value is -1.28. The topological polar surface area (TPSA) is 71.1 Å². The summed E-state index contributed by atoms with van der Waals surface area (Å²) in [5.74, 6) is 0. The number of hydrogen-bond donors (Lipinski definition) is 2. The number of benzene rings is 1. The van der Waals surface area contributed by atoms with E-state index >= 15 is 0 Å². The quantitative estimate of drug-likeness (QED) is 0.726. The third-order valence-electron chi connectivity index (χ3n) is 2.99. The lowest BCUT2D eigenvalue weighted by molar-refractivity contribution is 0.581. The molecule has 0 aliphatic rings. The molecule has 0 amide bonds. The maximum atomic E-state index is 12.2. The Bertz CT molecular complexity index is 637. The monoisotopic (exact) mass is 325 g/mol. The van der Waals surface area contributed by atoms with Crippen molar-refractivity contribution in [2.75, 3.05) is 13.1 Å². The summed E-state index contributed by atoms with van der Waals surface area (Å²) < 4.78 is 26.9. The molecular formula is C14H19N3O2S2. The second-order valence-corrected chi connectivity index (χ2v) is 7.28. The van der Waals surface area contributed by atoms with E-state index in [0.29, 0.717) is 4.90 Å². The molecule has 0 spiro atoms. The fourth-order valence-corrected chi connectivity index (χ4v) is 3.46. The van der Waals surface area contributed by atoms with Crippen LogP contribution in [-0.4, -0.2) is 26.5 Å². The van der Waals surface area contributed by atoms with E-state index < -0.39 is 10.0 Å². The SMILES string of the molecule is CCNCCc1ccc(S(=O)(=O)NCc2cncs2)cc1. The third kappa shape index (κ3) is 4.89. The van der Waals surface area contributed by atoms with Crippen molar-refractivity contribution < 1.29 is 8.42 Å². The number of thiazole rings is 1. The van der Waals surface area contributed by atoms with Gasteiger partial charge in [-0.05, 0) is 37.2 Å². The van der Waals surface area contributed by atoms with Gasteiger partial charge in [0.1, 0.15) is 0 Å². The van der Waals surface area contributed by atoms with Gasteiger partial charge in [-0.2, -0.15) is 0 Å². The summed E-state index contributed by atoms with van der Waals surface area (Å²) in [4.78, 5) is 5.10. The van der Waals surface area contributed by atoms with Crippen molar-refractivity contribution in [2.24, 2.45) is 0 Å². The van der Waals surface area contributed by atoms with Crippen LogP contribution in [0.2, 0.25) is 0 Å². The van der Waals surface area contributed by atoms with E-state index in [1.54, 1.807) is 23.8 Å². The van der Waals surface area contributed by atoms with Crippen LogP contribution in [0.5, 0.6) is 0 Å². The van der Waals surface area contributed by atoms with Crippen LogP contribution in [0.4, 0.5) is 0 Å². The van der Waals surface area contributed by atoms with Crippen molar-refractivity contribution in [1.29, 1.82) is 0 Å². The number of likely N-dealkylation sites (N-methyl/N-ethyl adjacent to an activating group) is 1. The van der Waals surface area contributed by atoms with Crippen LogP contribution in [0.25, 0.3) is 0 Å². The standard InChI is InChI=1S/C14H19N3O2S2/c1-2-15-8-7-12-3-5-14(6-4-12)21(18,19)17-10-13-9-16-11-20-13/h3-6,9,11,15,17H,2,7-8,10H2,1H3. The van der Waals surface area contributed by atoms with Gasteiger partial charge in [-0.1, -0.05) is 19.1 Å². The average molecular weight is 325 g/mol. The van der Waals surface area contributed by atoms with Gasteiger partial charge < -0.3 is 5.32 Å². The van der Waals surface area contributed by atoms with E-state index in [9.17, 15) is 8.42 Å². The van der Waals surface area contributed by atoms with Crippen LogP contribution in [0.3, 0.4) is 0 Å². The molecular weight excluding hydrogens is 306 g/mol. The summed E-state index contributed by atoms with van der Waals surface area (Å²) >= 11 is 1.43. The maximum Gasteiger partial charge on any atom is 0.240 e. The van der Waals surface area contributed by atoms with E-state index in [0.717, 1.165) is 30.0 Å². The molecule has 1 aromatic carbocycles. The van der Waals surface area contributed by atoms with E-state index in [1.165, 1.54) is 11.3 Å². The molecule has 5 nitrogen and oxygen atoms in total. The third-order valence-corrected chi connectivity index (χ3v) is 5.19. The molecule has 21 heavy (non-hydrogen) atoms. The van der Waals surface area contributed by atoms with Gasteiger partial charge in [0.25, 0.3) is 0 Å². The van der Waals surface area contributed by atoms with E-state index in [2.05, 4.69) is 21.9 Å². The number of nitrogens with one attached hydrogen (secondary N) is 2. The van der Waals surface area contributed by atoms with Gasteiger partial charge in [0.2, 0.25) is 10.0 Å². The molecule has 1 aromatic heterocycles. The molecule has 114 valence electrons. The molecule has 0 atom stereocenters. The highest BCUT2D eigenvalue weighted by atomic mass is 32.2. The number of rotatable bonds is 8. The number of hydrogen-bond acceptors (Lipinski definition) is 5. The highest BCUT2D eigenvalue weighted by Gasteiger charge is 2.13. The number of sulfonamides is 1. The first-order chi connectivity index (χ1) is 10.1. The number of aromatic nitrogens is 1. The zero-order valence-corrected chi connectivity index (χ0v) is 13.5. The Morgan fingerprint density at radius 1 is 1.24 bits per heavy atom. The smallest absolute Gasteiger partial charge is 0.240 e. The van der Waals surface area contributed by atoms with Gasteiger partial charge in [-0.15, -0.1) is 11.3 Å². The lowest BCUT2D eigenvalue weighted by atomic mass is 10.1. The van der Waals surface area contributed by atoms with Crippen molar-refractivity contribution >= 4 is 21.4 Å². The second kappa shape index (κ2) is 7.65. The van der Waals surface area contributed by atoms with Gasteiger partial charge in [-0.25, -0.2) is 13.1 Å². The van der Waals surface area contributed by atoms with Gasteiger partial charge in [0.05, 0.1) is 10.4 Å². The highest BCUT2D eigenvalue weighted by molar-refractivity contribution is 7.89. The number of nitrogens with zero attached hydrogens (tertiary/aromatic N) is 1. The van der Waals surface area contributed by atoms with Gasteiger partial charge in [-0.3, -0.25) is 4.98 Å². The summed E-state index contributed by atoms with van der Waals surface area (Å²) in [6.07, 6.45) is 2.56. The summed E-state index contributed by atoms with van der Waals surface area (Å²) in [6.45, 7) is 4.17. The summed E-state index contributed by atoms with van der Waals surface area (Å²) in [6, 6.07) is 7.02. The van der Waals surface area contributed by atoms with Crippen molar-refractivity contribution in [1.82, 2.24) is 15.0 Å². The fraction of sp³-hybridized carbons (Fsp3) is 0.357. The fourth-order valence-electron chi connectivity index (χ4n) is 1.82. The Labute approximate surface area is 129 Å². The Morgan fingerprint density at radius 2 is 2.00 bits per heavy atom. The minimum atomic E-state index is -3.47. The summed E-state index contributed by atoms with van der Waals surface area (Å²) in [5, 5.41) is 3.24. The molecule has 0 unspecified atom stereocenters. The van der Waals surface area contributed by atoms with E-state index in [1.807, 2.05) is 12.1 Å². The van der Waals surface area contributed by atoms with Gasteiger partial charge in [0, 0.05) is 17.6 Å². The predicted octanol–water partition coefficient (Wildman–Crippen LogP) is 1.77. The van der Waals surface area contributed by atoms with E-state index in [4.69, 9.17) is 0 Å². The molecule has 2 rings (SSSR count). The molecule has 0 saturated heterocycles. The summed E-state index contributed by atoms with van der Waals surface area (Å²) in [7, 11) is -3.47. The van der Waals surface area contributed by atoms with E-state index in [-0.39, 0.29) is 6.54 Å². The van der Waals surface area contributed by atoms with Gasteiger partial charge in [0.15, 0.2) is 0 Å². The molecule has 0 fully saturated rings. The molecule has 0 aliphatic carbocycles. The molecule has 1 heterocycles. The zero-order chi connectivity index (χ0) is 15.1. The highest BCUT2D eigenvalue weighted by Crippen LogP contribution is 2.12. The lowest BCUT2D eigenvalue weighted by Gasteiger charge is -2.07. The molecule has 0 radical (unpaired) electrons. The van der Waals surface area contributed by atoms with Crippen LogP contribution < -0.4 is 10.0 Å². The Morgan fingerprint density at radius 3 is 2.62 bits per heavy atom. The minimum absolute atomic E-state index is 0.273. The maximum absolute atomic E-state index is 12.2. The Balaban J connectivity index is 1.96. The normalized spacial score (nSPS) is 11.7. The molecule has 2 N–H and O–H groups in total. The summed E-state index contributed by atoms with van der Waals surface area (Å²) in [5.41, 5.74) is 2.81. The van der Waals surface area contributed by atoms with Crippen LogP contribution >= 0.6 is 11.3 Å². The first kappa shape index (κ1) is 16.1. The lowest BCUT2D eigenvalue weighted by Crippen LogP contribution is -2.22. The molecule has 0 saturated carbocycles. The first-order valence-electron chi connectivity index (χ1n) is 6.78. The second-order valence-electron chi connectivity index (χ2n) is 4.54. The molecule has 7 heteroatoms. The largest absolute Gasteiger partial charge is 0.317 e. The van der Waals surface area contributed by atoms with Crippen LogP contribution in [0.15, 0.2) is 40.9 Å². The molecule has 0 aliphatic heterocycles. The van der Waals surface area contributed by atoms with Crippen molar-refractivity contribution in [3.63, 3.8) is 0 Å². The van der Waals surface area contributed by atoms with Crippen LogP contribution in [-0.2, 0) is 23.0 Å². The van der Waals surface area contributed by atoms with Crippen molar-refractivity contribution in [3.8, 4) is 0 Å². The first-order valence-corrected chi connectivity index (χ1v) is 9.15. The average Bonchev–Trinajstić information content (AvgIpc) is 3.00. The predicted molar refractivity (Wildman–Crippen MR) is 84.8 cm³/mol. The Kier molecular flexibility index (Phi) is 5.86. The van der Waals surface area contributed by atoms with Crippen molar-refractivity contribution in [3.05, 3.63) is 46.4 Å². The van der Waals surface area contributed by atoms with Crippen LogP contribution in [0.1, 0.15) is 17.4 Å². The molecule has 0 bridgehead atoms. The van der Waals surface area contributed by atoms with Crippen LogP contribution in [0, 0.1) is 0 Å². The molecule has 2 aromatic rings. The van der Waals surface area contributed by atoms with Gasteiger partial charge >= 0.3 is 0 Å². The zero-order valence-electron chi connectivity index (χ0n) is 11.9.